The Kier molecular flexibility index (Phi) is 3.78. The number of hydrogen-bond acceptors (Lipinski definition) is 3. The van der Waals surface area contributed by atoms with Gasteiger partial charge in [-0.3, -0.25) is 10.2 Å². The summed E-state index contributed by atoms with van der Waals surface area (Å²) in [5.74, 6) is 5.79. The van der Waals surface area contributed by atoms with Gasteiger partial charge in [0.15, 0.2) is 0 Å². The maximum absolute atomic E-state index is 12.1. The summed E-state index contributed by atoms with van der Waals surface area (Å²) in [7, 11) is 1.57. The molecule has 1 amide bonds. The van der Waals surface area contributed by atoms with Crippen LogP contribution < -0.4 is 16.0 Å². The summed E-state index contributed by atoms with van der Waals surface area (Å²) in [5, 5.41) is 0.520. The Bertz CT molecular complexity index is 456. The highest BCUT2D eigenvalue weighted by atomic mass is 35.5. The topological polar surface area (TPSA) is 64.3 Å². The summed E-state index contributed by atoms with van der Waals surface area (Å²) in [6, 6.07) is 5.49. The van der Waals surface area contributed by atoms with E-state index in [9.17, 15) is 4.79 Å². The quantitative estimate of drug-likeness (QED) is 0.502. The van der Waals surface area contributed by atoms with Crippen molar-refractivity contribution in [1.29, 1.82) is 0 Å². The SMILES string of the molecule is COc1ccc(C2(C(=O)NN)CCCC2)cc1Cl. The molecule has 0 spiro atoms. The molecule has 4 nitrogen and oxygen atoms in total. The zero-order valence-corrected chi connectivity index (χ0v) is 11.1. The number of hydrogen-bond donors (Lipinski definition) is 2. The van der Waals surface area contributed by atoms with Crippen LogP contribution in [0.1, 0.15) is 31.2 Å². The molecule has 0 aliphatic heterocycles. The standard InChI is InChI=1S/C13H17ClN2O2/c1-18-11-5-4-9(8-10(11)14)13(12(17)16-15)6-2-3-7-13/h4-5,8H,2-3,6-7,15H2,1H3,(H,16,17). The Balaban J connectivity index is 2.43. The lowest BCUT2D eigenvalue weighted by atomic mass is 9.78. The molecule has 0 atom stereocenters. The van der Waals surface area contributed by atoms with Crippen LogP contribution in [0.15, 0.2) is 18.2 Å². The molecule has 0 radical (unpaired) electrons. The molecule has 1 saturated carbocycles. The molecule has 1 aliphatic rings. The average molecular weight is 269 g/mol. The molecule has 98 valence electrons. The first-order valence-corrected chi connectivity index (χ1v) is 6.37. The van der Waals surface area contributed by atoms with E-state index in [0.717, 1.165) is 31.2 Å². The molecule has 18 heavy (non-hydrogen) atoms. The number of halogens is 1. The third-order valence-corrected chi connectivity index (χ3v) is 4.02. The molecule has 5 heteroatoms. The van der Waals surface area contributed by atoms with Crippen LogP contribution in [0.25, 0.3) is 0 Å². The molecular weight excluding hydrogens is 252 g/mol. The number of carbonyl (C=O) groups excluding carboxylic acids is 1. The number of ether oxygens (including phenoxy) is 1. The largest absolute Gasteiger partial charge is 0.495 e. The van der Waals surface area contributed by atoms with Crippen LogP contribution in [-0.4, -0.2) is 13.0 Å². The number of nitrogens with one attached hydrogen (secondary N) is 1. The summed E-state index contributed by atoms with van der Waals surface area (Å²) in [6.07, 6.45) is 3.66. The number of benzene rings is 1. The first kappa shape index (κ1) is 13.2. The molecule has 1 aromatic rings. The van der Waals surface area contributed by atoms with Crippen molar-refractivity contribution in [1.82, 2.24) is 5.43 Å². The van der Waals surface area contributed by atoms with Crippen LogP contribution in [0.4, 0.5) is 0 Å². The number of carbonyl (C=O) groups is 1. The molecular formula is C13H17ClN2O2. The Morgan fingerprint density at radius 2 is 2.11 bits per heavy atom. The third kappa shape index (κ3) is 2.06. The molecule has 3 N–H and O–H groups in total. The summed E-state index contributed by atoms with van der Waals surface area (Å²) in [6.45, 7) is 0. The molecule has 0 bridgehead atoms. The fourth-order valence-electron chi connectivity index (χ4n) is 2.73. The second-order valence-corrected chi connectivity index (χ2v) is 5.02. The Labute approximate surface area is 111 Å². The second-order valence-electron chi connectivity index (χ2n) is 4.61. The number of amides is 1. The number of rotatable bonds is 3. The molecule has 0 aromatic heterocycles. The Hall–Kier alpha value is -1.26. The smallest absolute Gasteiger partial charge is 0.244 e. The van der Waals surface area contributed by atoms with Crippen molar-refractivity contribution in [3.8, 4) is 5.75 Å². The van der Waals surface area contributed by atoms with Gasteiger partial charge in [-0.2, -0.15) is 0 Å². The molecule has 2 rings (SSSR count). The van der Waals surface area contributed by atoms with Gasteiger partial charge in [-0.25, -0.2) is 5.84 Å². The highest BCUT2D eigenvalue weighted by molar-refractivity contribution is 6.32. The average Bonchev–Trinajstić information content (AvgIpc) is 2.88. The van der Waals surface area contributed by atoms with E-state index in [1.807, 2.05) is 6.07 Å². The predicted molar refractivity (Wildman–Crippen MR) is 70.5 cm³/mol. The highest BCUT2D eigenvalue weighted by Gasteiger charge is 2.42. The first-order valence-electron chi connectivity index (χ1n) is 5.99. The van der Waals surface area contributed by atoms with E-state index >= 15 is 0 Å². The summed E-state index contributed by atoms with van der Waals surface area (Å²) in [4.78, 5) is 12.1. The molecule has 1 fully saturated rings. The number of nitrogens with two attached hydrogens (primary N) is 1. The van der Waals surface area contributed by atoms with Crippen molar-refractivity contribution in [2.75, 3.05) is 7.11 Å². The summed E-state index contributed by atoms with van der Waals surface area (Å²) >= 11 is 6.13. The van der Waals surface area contributed by atoms with Gasteiger partial charge in [-0.05, 0) is 30.5 Å². The van der Waals surface area contributed by atoms with Gasteiger partial charge in [0.05, 0.1) is 17.5 Å². The first-order chi connectivity index (χ1) is 8.64. The lowest BCUT2D eigenvalue weighted by Gasteiger charge is -2.27. The van der Waals surface area contributed by atoms with E-state index in [0.29, 0.717) is 10.8 Å². The van der Waals surface area contributed by atoms with Crippen molar-refractivity contribution < 1.29 is 9.53 Å². The van der Waals surface area contributed by atoms with E-state index in [4.69, 9.17) is 22.2 Å². The van der Waals surface area contributed by atoms with Gasteiger partial charge in [0.2, 0.25) is 5.91 Å². The van der Waals surface area contributed by atoms with Crippen LogP contribution in [0.5, 0.6) is 5.75 Å². The van der Waals surface area contributed by atoms with E-state index in [1.165, 1.54) is 0 Å². The van der Waals surface area contributed by atoms with E-state index in [2.05, 4.69) is 5.43 Å². The maximum atomic E-state index is 12.1. The van der Waals surface area contributed by atoms with E-state index in [1.54, 1.807) is 19.2 Å². The minimum Gasteiger partial charge on any atom is -0.495 e. The molecule has 1 aliphatic carbocycles. The van der Waals surface area contributed by atoms with Gasteiger partial charge in [0.25, 0.3) is 0 Å². The zero-order chi connectivity index (χ0) is 13.2. The van der Waals surface area contributed by atoms with Gasteiger partial charge in [0.1, 0.15) is 5.75 Å². The minimum absolute atomic E-state index is 0.138. The fourth-order valence-corrected chi connectivity index (χ4v) is 2.99. The molecule has 1 aromatic carbocycles. The third-order valence-electron chi connectivity index (χ3n) is 3.73. The van der Waals surface area contributed by atoms with Gasteiger partial charge < -0.3 is 4.74 Å². The Morgan fingerprint density at radius 3 is 2.61 bits per heavy atom. The van der Waals surface area contributed by atoms with E-state index in [-0.39, 0.29) is 5.91 Å². The molecule has 0 unspecified atom stereocenters. The van der Waals surface area contributed by atoms with Gasteiger partial charge in [0, 0.05) is 0 Å². The van der Waals surface area contributed by atoms with Crippen molar-refractivity contribution in [2.24, 2.45) is 5.84 Å². The van der Waals surface area contributed by atoms with Crippen molar-refractivity contribution in [2.45, 2.75) is 31.1 Å². The summed E-state index contributed by atoms with van der Waals surface area (Å²) < 4.78 is 5.13. The molecule has 0 saturated heterocycles. The van der Waals surface area contributed by atoms with E-state index < -0.39 is 5.41 Å². The van der Waals surface area contributed by atoms with Gasteiger partial charge in [-0.1, -0.05) is 30.5 Å². The highest BCUT2D eigenvalue weighted by Crippen LogP contribution is 2.43. The fraction of sp³-hybridized carbons (Fsp3) is 0.462. The number of methoxy groups -OCH3 is 1. The molecule has 0 heterocycles. The monoisotopic (exact) mass is 268 g/mol. The van der Waals surface area contributed by atoms with Crippen LogP contribution in [0, 0.1) is 0 Å². The Morgan fingerprint density at radius 1 is 1.44 bits per heavy atom. The number of hydrazine groups is 1. The van der Waals surface area contributed by atoms with Crippen LogP contribution in [0.3, 0.4) is 0 Å². The van der Waals surface area contributed by atoms with Crippen LogP contribution >= 0.6 is 11.6 Å². The zero-order valence-electron chi connectivity index (χ0n) is 10.3. The van der Waals surface area contributed by atoms with Crippen LogP contribution in [0.2, 0.25) is 5.02 Å². The lowest BCUT2D eigenvalue weighted by Crippen LogP contribution is -2.45. The van der Waals surface area contributed by atoms with Gasteiger partial charge >= 0.3 is 0 Å². The maximum Gasteiger partial charge on any atom is 0.244 e. The minimum atomic E-state index is -0.537. The van der Waals surface area contributed by atoms with Crippen molar-refractivity contribution >= 4 is 17.5 Å². The normalized spacial score (nSPS) is 17.5. The predicted octanol–water partition coefficient (Wildman–Crippen LogP) is 2.15. The van der Waals surface area contributed by atoms with Crippen molar-refractivity contribution in [3.05, 3.63) is 28.8 Å². The second kappa shape index (κ2) is 5.16. The van der Waals surface area contributed by atoms with Crippen LogP contribution in [-0.2, 0) is 10.2 Å². The lowest BCUT2D eigenvalue weighted by molar-refractivity contribution is -0.126. The van der Waals surface area contributed by atoms with Crippen molar-refractivity contribution in [3.63, 3.8) is 0 Å². The van der Waals surface area contributed by atoms with Gasteiger partial charge in [-0.15, -0.1) is 0 Å². The summed E-state index contributed by atoms with van der Waals surface area (Å²) in [5.41, 5.74) is 2.65.